The molecule has 0 radical (unpaired) electrons. The largest absolute Gasteiger partial charge is 0.334 e. The van der Waals surface area contributed by atoms with E-state index in [2.05, 4.69) is 41.5 Å². The first-order chi connectivity index (χ1) is 14.3. The number of carbonyl (C=O) groups is 2. The van der Waals surface area contributed by atoms with Crippen molar-refractivity contribution in [2.24, 2.45) is 0 Å². The zero-order chi connectivity index (χ0) is 21.7. The van der Waals surface area contributed by atoms with Gasteiger partial charge in [-0.05, 0) is 40.5 Å². The first-order valence-electron chi connectivity index (χ1n) is 8.81. The number of benzene rings is 1. The number of thiazole rings is 1. The van der Waals surface area contributed by atoms with Crippen LogP contribution in [0, 0.1) is 12.7 Å². The van der Waals surface area contributed by atoms with Crippen LogP contribution in [0.5, 0.6) is 0 Å². The second-order valence-corrected chi connectivity index (χ2v) is 8.65. The van der Waals surface area contributed by atoms with Crippen LogP contribution < -0.4 is 10.6 Å². The van der Waals surface area contributed by atoms with Crippen molar-refractivity contribution in [3.05, 3.63) is 68.9 Å². The van der Waals surface area contributed by atoms with Crippen LogP contribution in [0.15, 0.2) is 40.4 Å². The standard InChI is InChI=1S/C19H18BrFN6O2S/c1-11-15(23-7-6-22-11)17(28)27(2)10-14-16(20)30-19(25-14)26-18(29)24-9-12-4-3-5-13(21)8-12/h3-8H,9-10H2,1-2H3,(H2,24,25,26,29). The number of nitrogens with zero attached hydrogens (tertiary/aromatic N) is 4. The second-order valence-electron chi connectivity index (χ2n) is 6.33. The van der Waals surface area contributed by atoms with Gasteiger partial charge in [0.15, 0.2) is 5.13 Å². The Morgan fingerprint density at radius 3 is 2.77 bits per heavy atom. The lowest BCUT2D eigenvalue weighted by molar-refractivity contribution is 0.0776. The van der Waals surface area contributed by atoms with Crippen molar-refractivity contribution in [3.8, 4) is 0 Å². The number of urea groups is 1. The van der Waals surface area contributed by atoms with Crippen molar-refractivity contribution in [1.29, 1.82) is 0 Å². The van der Waals surface area contributed by atoms with E-state index in [0.29, 0.717) is 25.9 Å². The molecular weight excluding hydrogens is 475 g/mol. The van der Waals surface area contributed by atoms with E-state index in [1.807, 2.05) is 0 Å². The number of amides is 3. The predicted octanol–water partition coefficient (Wildman–Crippen LogP) is 3.74. The topological polar surface area (TPSA) is 100 Å². The molecule has 3 amide bonds. The van der Waals surface area contributed by atoms with Gasteiger partial charge >= 0.3 is 6.03 Å². The van der Waals surface area contributed by atoms with E-state index < -0.39 is 6.03 Å². The average Bonchev–Trinajstić information content (AvgIpc) is 3.05. The summed E-state index contributed by atoms with van der Waals surface area (Å²) in [4.78, 5) is 38.7. The number of carbonyl (C=O) groups excluding carboxylic acids is 2. The smallest absolute Gasteiger partial charge is 0.321 e. The van der Waals surface area contributed by atoms with Gasteiger partial charge < -0.3 is 10.2 Å². The molecule has 0 saturated heterocycles. The van der Waals surface area contributed by atoms with Gasteiger partial charge in [0, 0.05) is 26.0 Å². The van der Waals surface area contributed by atoms with Gasteiger partial charge in [0.05, 0.1) is 21.7 Å². The summed E-state index contributed by atoms with van der Waals surface area (Å²) in [5, 5.41) is 5.65. The Bertz CT molecular complexity index is 1080. The number of aromatic nitrogens is 3. The summed E-state index contributed by atoms with van der Waals surface area (Å²) in [5.74, 6) is -0.638. The van der Waals surface area contributed by atoms with Gasteiger partial charge in [-0.25, -0.2) is 19.2 Å². The Kier molecular flexibility index (Phi) is 7.06. The molecular formula is C19H18BrFN6O2S. The van der Waals surface area contributed by atoms with Crippen LogP contribution in [-0.4, -0.2) is 38.8 Å². The molecule has 11 heteroatoms. The van der Waals surface area contributed by atoms with Crippen LogP contribution in [0.4, 0.5) is 14.3 Å². The summed E-state index contributed by atoms with van der Waals surface area (Å²) < 4.78 is 13.9. The first-order valence-corrected chi connectivity index (χ1v) is 10.4. The van der Waals surface area contributed by atoms with Crippen LogP contribution in [0.2, 0.25) is 0 Å². The predicted molar refractivity (Wildman–Crippen MR) is 115 cm³/mol. The zero-order valence-electron chi connectivity index (χ0n) is 16.1. The monoisotopic (exact) mass is 492 g/mol. The van der Waals surface area contributed by atoms with Crippen molar-refractivity contribution in [2.45, 2.75) is 20.0 Å². The van der Waals surface area contributed by atoms with E-state index in [9.17, 15) is 14.0 Å². The van der Waals surface area contributed by atoms with Crippen molar-refractivity contribution in [3.63, 3.8) is 0 Å². The third-order valence-electron chi connectivity index (χ3n) is 4.03. The summed E-state index contributed by atoms with van der Waals surface area (Å²) in [6.07, 6.45) is 3.00. The Labute approximate surface area is 184 Å². The molecule has 0 atom stereocenters. The molecule has 2 aromatic heterocycles. The first kappa shape index (κ1) is 21.8. The maximum absolute atomic E-state index is 13.2. The molecule has 0 saturated carbocycles. The van der Waals surface area contributed by atoms with Crippen molar-refractivity contribution < 1.29 is 14.0 Å². The maximum atomic E-state index is 13.2. The number of nitrogens with one attached hydrogen (secondary N) is 2. The summed E-state index contributed by atoms with van der Waals surface area (Å²) >= 11 is 4.64. The summed E-state index contributed by atoms with van der Waals surface area (Å²) in [6, 6.07) is 5.52. The molecule has 156 valence electrons. The molecule has 0 aliphatic carbocycles. The summed E-state index contributed by atoms with van der Waals surface area (Å²) in [7, 11) is 1.64. The van der Waals surface area contributed by atoms with Crippen LogP contribution in [-0.2, 0) is 13.1 Å². The Morgan fingerprint density at radius 1 is 1.27 bits per heavy atom. The minimum Gasteiger partial charge on any atom is -0.334 e. The van der Waals surface area contributed by atoms with Gasteiger partial charge in [-0.15, -0.1) is 0 Å². The van der Waals surface area contributed by atoms with Gasteiger partial charge in [0.25, 0.3) is 5.91 Å². The number of rotatable bonds is 6. The minimum atomic E-state index is -0.466. The fourth-order valence-corrected chi connectivity index (χ4v) is 3.92. The lowest BCUT2D eigenvalue weighted by atomic mass is 10.2. The third-order valence-corrected chi connectivity index (χ3v) is 5.77. The second kappa shape index (κ2) is 9.72. The molecule has 30 heavy (non-hydrogen) atoms. The molecule has 0 aliphatic heterocycles. The number of halogens is 2. The van der Waals surface area contributed by atoms with E-state index in [-0.39, 0.29) is 30.5 Å². The van der Waals surface area contributed by atoms with Crippen LogP contribution in [0.1, 0.15) is 27.4 Å². The zero-order valence-corrected chi connectivity index (χ0v) is 18.6. The summed E-state index contributed by atoms with van der Waals surface area (Å²) in [5.41, 5.74) is 2.06. The lowest BCUT2D eigenvalue weighted by Crippen LogP contribution is -2.29. The number of aryl methyl sites for hydroxylation is 1. The van der Waals surface area contributed by atoms with Gasteiger partial charge in [0.1, 0.15) is 11.5 Å². The molecule has 3 rings (SSSR count). The highest BCUT2D eigenvalue weighted by Gasteiger charge is 2.19. The normalized spacial score (nSPS) is 10.5. The summed E-state index contributed by atoms with van der Waals surface area (Å²) in [6.45, 7) is 2.12. The molecule has 8 nitrogen and oxygen atoms in total. The molecule has 0 fully saturated rings. The molecule has 2 N–H and O–H groups in total. The molecule has 2 heterocycles. The Balaban J connectivity index is 1.58. The molecule has 0 spiro atoms. The van der Waals surface area contributed by atoms with Crippen molar-refractivity contribution in [1.82, 2.24) is 25.2 Å². The molecule has 0 unspecified atom stereocenters. The van der Waals surface area contributed by atoms with Crippen LogP contribution in [0.25, 0.3) is 0 Å². The Morgan fingerprint density at radius 2 is 2.03 bits per heavy atom. The fourth-order valence-electron chi connectivity index (χ4n) is 2.55. The van der Waals surface area contributed by atoms with Crippen molar-refractivity contribution >= 4 is 44.3 Å². The van der Waals surface area contributed by atoms with Crippen molar-refractivity contribution in [2.75, 3.05) is 12.4 Å². The molecule has 3 aromatic rings. The van der Waals surface area contributed by atoms with E-state index in [4.69, 9.17) is 0 Å². The van der Waals surface area contributed by atoms with Gasteiger partial charge in [0.2, 0.25) is 0 Å². The SMILES string of the molecule is Cc1nccnc1C(=O)N(C)Cc1nc(NC(=O)NCc2cccc(F)c2)sc1Br. The number of anilines is 1. The third kappa shape index (κ3) is 5.57. The van der Waals surface area contributed by atoms with Gasteiger partial charge in [-0.1, -0.05) is 23.5 Å². The Hall–Kier alpha value is -2.92. The van der Waals surface area contributed by atoms with Crippen LogP contribution >= 0.6 is 27.3 Å². The quantitative estimate of drug-likeness (QED) is 0.545. The van der Waals surface area contributed by atoms with E-state index in [0.717, 1.165) is 0 Å². The highest BCUT2D eigenvalue weighted by atomic mass is 79.9. The molecule has 0 bridgehead atoms. The highest BCUT2D eigenvalue weighted by molar-refractivity contribution is 9.11. The van der Waals surface area contributed by atoms with E-state index in [1.165, 1.54) is 40.8 Å². The molecule has 0 aliphatic rings. The maximum Gasteiger partial charge on any atom is 0.321 e. The lowest BCUT2D eigenvalue weighted by Gasteiger charge is -2.16. The highest BCUT2D eigenvalue weighted by Crippen LogP contribution is 2.29. The van der Waals surface area contributed by atoms with Crippen LogP contribution in [0.3, 0.4) is 0 Å². The van der Waals surface area contributed by atoms with Gasteiger partial charge in [-0.3, -0.25) is 15.1 Å². The molecule has 1 aromatic carbocycles. The number of hydrogen-bond donors (Lipinski definition) is 2. The minimum absolute atomic E-state index is 0.178. The van der Waals surface area contributed by atoms with Gasteiger partial charge in [-0.2, -0.15) is 0 Å². The van der Waals surface area contributed by atoms with E-state index in [1.54, 1.807) is 26.1 Å². The average molecular weight is 493 g/mol. The fraction of sp³-hybridized carbons (Fsp3) is 0.211. The number of hydrogen-bond acceptors (Lipinski definition) is 6. The van der Waals surface area contributed by atoms with E-state index >= 15 is 0 Å².